The minimum Gasteiger partial charge on any atom is -0.398 e. The van der Waals surface area contributed by atoms with E-state index in [9.17, 15) is 0 Å². The number of nitrogens with zero attached hydrogens (tertiary/aromatic N) is 2. The molecule has 0 aliphatic rings. The molecule has 0 aliphatic heterocycles. The van der Waals surface area contributed by atoms with Crippen molar-refractivity contribution in [2.75, 3.05) is 0 Å². The fourth-order valence-corrected chi connectivity index (χ4v) is 6.94. The number of hydrogen-bond acceptors (Lipinski definition) is 3. The molecular formula is C43H32N4. The van der Waals surface area contributed by atoms with E-state index in [0.717, 1.165) is 50.2 Å². The molecule has 0 spiro atoms. The Bertz CT molecular complexity index is 2500. The number of para-hydroxylation sites is 1. The van der Waals surface area contributed by atoms with Crippen molar-refractivity contribution in [1.29, 1.82) is 5.41 Å². The van der Waals surface area contributed by atoms with E-state index in [2.05, 4.69) is 119 Å². The zero-order chi connectivity index (χ0) is 31.9. The zero-order valence-corrected chi connectivity index (χ0v) is 25.8. The molecule has 4 heteroatoms. The van der Waals surface area contributed by atoms with Crippen molar-refractivity contribution in [1.82, 2.24) is 9.55 Å². The average Bonchev–Trinajstić information content (AvgIpc) is 3.46. The standard InChI is InChI=1S/C43H32N4/c1-2-40-38(27-44)36-11-3-4-12-41(36)47(40)34-21-16-28(17-22-34)39(45)26-32(15-20-33-10-5-6-25-46-33)35-23-18-31-14-13-29-8-7-9-30-19-24-37(35)43(31)42(29)30/h2-19,21-27,44H,1,20,45H2/b32-15+,39-26-,44-27?. The van der Waals surface area contributed by atoms with Crippen LogP contribution in [-0.4, -0.2) is 15.8 Å². The number of nitrogens with one attached hydrogen (secondary N) is 1. The summed E-state index contributed by atoms with van der Waals surface area (Å²) in [5.41, 5.74) is 15.5. The van der Waals surface area contributed by atoms with Crippen LogP contribution in [0.15, 0.2) is 146 Å². The Morgan fingerprint density at radius 3 is 2.21 bits per heavy atom. The van der Waals surface area contributed by atoms with Gasteiger partial charge < -0.3 is 15.7 Å². The number of hydrogen-bond donors (Lipinski definition) is 2. The Hall–Kier alpha value is -6.26. The fraction of sp³-hybridized carbons (Fsp3) is 0.0233. The highest BCUT2D eigenvalue weighted by atomic mass is 15.0. The van der Waals surface area contributed by atoms with E-state index >= 15 is 0 Å². The van der Waals surface area contributed by atoms with Crippen LogP contribution in [0.25, 0.3) is 66.3 Å². The van der Waals surface area contributed by atoms with Gasteiger partial charge in [0.05, 0.1) is 11.2 Å². The lowest BCUT2D eigenvalue weighted by atomic mass is 9.89. The van der Waals surface area contributed by atoms with Crippen molar-refractivity contribution in [3.63, 3.8) is 0 Å². The average molecular weight is 605 g/mol. The van der Waals surface area contributed by atoms with Gasteiger partial charge in [-0.05, 0) is 91.5 Å². The number of benzene rings is 6. The summed E-state index contributed by atoms with van der Waals surface area (Å²) < 4.78 is 2.15. The Morgan fingerprint density at radius 2 is 1.47 bits per heavy atom. The second kappa shape index (κ2) is 11.6. The molecule has 4 nitrogen and oxygen atoms in total. The van der Waals surface area contributed by atoms with Gasteiger partial charge in [-0.15, -0.1) is 0 Å². The molecule has 2 heterocycles. The van der Waals surface area contributed by atoms with Gasteiger partial charge in [-0.25, -0.2) is 0 Å². The Kier molecular flexibility index (Phi) is 6.96. The van der Waals surface area contributed by atoms with E-state index in [4.69, 9.17) is 11.1 Å². The van der Waals surface area contributed by atoms with Crippen molar-refractivity contribution in [3.8, 4) is 5.69 Å². The first-order chi connectivity index (χ1) is 23.1. The lowest BCUT2D eigenvalue weighted by Gasteiger charge is -2.15. The molecule has 224 valence electrons. The van der Waals surface area contributed by atoms with Crippen molar-refractivity contribution in [2.45, 2.75) is 6.42 Å². The van der Waals surface area contributed by atoms with Crippen LogP contribution in [0.2, 0.25) is 0 Å². The summed E-state index contributed by atoms with van der Waals surface area (Å²) in [6.07, 6.45) is 10.1. The molecule has 2 aromatic heterocycles. The van der Waals surface area contributed by atoms with E-state index in [1.165, 1.54) is 38.5 Å². The molecule has 8 aromatic rings. The van der Waals surface area contributed by atoms with Gasteiger partial charge in [-0.2, -0.15) is 0 Å². The molecule has 0 saturated carbocycles. The van der Waals surface area contributed by atoms with Gasteiger partial charge in [0, 0.05) is 46.9 Å². The Labute approximate surface area is 273 Å². The maximum atomic E-state index is 8.05. The Morgan fingerprint density at radius 1 is 0.745 bits per heavy atom. The quantitative estimate of drug-likeness (QED) is 0.103. The van der Waals surface area contributed by atoms with Crippen molar-refractivity contribution < 1.29 is 0 Å². The van der Waals surface area contributed by atoms with Crippen LogP contribution in [0.5, 0.6) is 0 Å². The van der Waals surface area contributed by atoms with Gasteiger partial charge in [-0.3, -0.25) is 4.98 Å². The normalized spacial score (nSPS) is 12.4. The van der Waals surface area contributed by atoms with Crippen LogP contribution in [-0.2, 0) is 6.42 Å². The number of aromatic nitrogens is 2. The summed E-state index contributed by atoms with van der Waals surface area (Å²) in [6.45, 7) is 4.05. The zero-order valence-electron chi connectivity index (χ0n) is 25.8. The lowest BCUT2D eigenvalue weighted by molar-refractivity contribution is 1.10. The summed E-state index contributed by atoms with van der Waals surface area (Å²) in [5.74, 6) is 0. The molecule has 0 unspecified atom stereocenters. The molecule has 0 fully saturated rings. The smallest absolute Gasteiger partial charge is 0.0550 e. The van der Waals surface area contributed by atoms with Gasteiger partial charge in [-0.1, -0.05) is 104 Å². The van der Waals surface area contributed by atoms with Gasteiger partial charge in [0.1, 0.15) is 0 Å². The molecule has 6 aromatic carbocycles. The largest absolute Gasteiger partial charge is 0.398 e. The second-order valence-corrected chi connectivity index (χ2v) is 11.8. The van der Waals surface area contributed by atoms with Gasteiger partial charge in [0.2, 0.25) is 0 Å². The molecular weight excluding hydrogens is 573 g/mol. The number of rotatable bonds is 8. The third-order valence-corrected chi connectivity index (χ3v) is 9.16. The molecule has 0 bridgehead atoms. The van der Waals surface area contributed by atoms with Crippen molar-refractivity contribution in [2.24, 2.45) is 5.73 Å². The van der Waals surface area contributed by atoms with E-state index in [-0.39, 0.29) is 0 Å². The van der Waals surface area contributed by atoms with Gasteiger partial charge in [0.25, 0.3) is 0 Å². The maximum absolute atomic E-state index is 8.05. The third kappa shape index (κ3) is 4.79. The first-order valence-corrected chi connectivity index (χ1v) is 15.8. The highest BCUT2D eigenvalue weighted by molar-refractivity contribution is 6.24. The van der Waals surface area contributed by atoms with Gasteiger partial charge in [0.15, 0.2) is 0 Å². The lowest BCUT2D eigenvalue weighted by Crippen LogP contribution is -2.01. The maximum Gasteiger partial charge on any atom is 0.0550 e. The van der Waals surface area contributed by atoms with Crippen molar-refractivity contribution in [3.05, 3.63) is 174 Å². The van der Waals surface area contributed by atoms with E-state index in [1.807, 2.05) is 42.6 Å². The van der Waals surface area contributed by atoms with Crippen LogP contribution in [0.1, 0.15) is 28.1 Å². The molecule has 47 heavy (non-hydrogen) atoms. The summed E-state index contributed by atoms with van der Waals surface area (Å²) in [7, 11) is 0. The molecule has 0 radical (unpaired) electrons. The molecule has 0 atom stereocenters. The van der Waals surface area contributed by atoms with Gasteiger partial charge >= 0.3 is 0 Å². The minimum absolute atomic E-state index is 0.677. The van der Waals surface area contributed by atoms with E-state index in [0.29, 0.717) is 12.1 Å². The van der Waals surface area contributed by atoms with Crippen LogP contribution in [0.3, 0.4) is 0 Å². The summed E-state index contributed by atoms with van der Waals surface area (Å²) in [4.78, 5) is 4.57. The molecule has 0 amide bonds. The predicted octanol–water partition coefficient (Wildman–Crippen LogP) is 10.2. The molecule has 3 N–H and O–H groups in total. The number of pyridine rings is 1. The van der Waals surface area contributed by atoms with Crippen LogP contribution < -0.4 is 5.73 Å². The second-order valence-electron chi connectivity index (χ2n) is 11.8. The first-order valence-electron chi connectivity index (χ1n) is 15.8. The minimum atomic E-state index is 0.677. The predicted molar refractivity (Wildman–Crippen MR) is 199 cm³/mol. The molecule has 8 rings (SSSR count). The van der Waals surface area contributed by atoms with Crippen LogP contribution in [0.4, 0.5) is 0 Å². The van der Waals surface area contributed by atoms with E-state index < -0.39 is 0 Å². The fourth-order valence-electron chi connectivity index (χ4n) is 6.94. The summed E-state index contributed by atoms with van der Waals surface area (Å²) in [5, 5.41) is 16.6. The summed E-state index contributed by atoms with van der Waals surface area (Å²) in [6, 6.07) is 42.3. The SMILES string of the molecule is C=Cc1c(C=N)c2ccccc2n1-c1ccc(/C(N)=C/C(=C\Cc2ccccn2)c2ccc3ccc4cccc5ccc2c3c45)cc1. The van der Waals surface area contributed by atoms with Crippen molar-refractivity contribution >= 4 is 66.8 Å². The molecule has 0 saturated heterocycles. The highest BCUT2D eigenvalue weighted by Gasteiger charge is 2.16. The number of nitrogens with two attached hydrogens (primary N) is 1. The van der Waals surface area contributed by atoms with Crippen LogP contribution in [0, 0.1) is 5.41 Å². The monoisotopic (exact) mass is 604 g/mol. The highest BCUT2D eigenvalue weighted by Crippen LogP contribution is 2.38. The first kappa shape index (κ1) is 28.2. The van der Waals surface area contributed by atoms with E-state index in [1.54, 1.807) is 0 Å². The Balaban J connectivity index is 1.24. The van der Waals surface area contributed by atoms with Crippen LogP contribution >= 0.6 is 0 Å². The molecule has 0 aliphatic carbocycles. The summed E-state index contributed by atoms with van der Waals surface area (Å²) >= 11 is 0. The number of fused-ring (bicyclic) bond motifs is 1. The third-order valence-electron chi connectivity index (χ3n) is 9.16. The number of allylic oxidation sites excluding steroid dienone is 3. The topological polar surface area (TPSA) is 67.7 Å².